The fourth-order valence-electron chi connectivity index (χ4n) is 2.74. The van der Waals surface area contributed by atoms with E-state index in [1.54, 1.807) is 18.3 Å². The highest BCUT2D eigenvalue weighted by molar-refractivity contribution is 5.94. The Kier molecular flexibility index (Phi) is 2.93. The van der Waals surface area contributed by atoms with Gasteiger partial charge in [-0.2, -0.15) is 4.52 Å². The summed E-state index contributed by atoms with van der Waals surface area (Å²) in [7, 11) is 0. The molecule has 1 aliphatic heterocycles. The van der Waals surface area contributed by atoms with Crippen LogP contribution < -0.4 is 0 Å². The number of carbonyl (C=O) groups excluding carboxylic acids is 1. The Hall–Kier alpha value is -1.98. The number of likely N-dealkylation sites (tertiary alicyclic amines) is 1. The van der Waals surface area contributed by atoms with Crippen LogP contribution in [0.2, 0.25) is 0 Å². The molecule has 0 N–H and O–H groups in total. The Balaban J connectivity index is 1.86. The molecule has 100 valence electrons. The van der Waals surface area contributed by atoms with Crippen LogP contribution in [-0.4, -0.2) is 43.4 Å². The van der Waals surface area contributed by atoms with Crippen LogP contribution in [0.25, 0.3) is 5.65 Å². The molecule has 0 spiro atoms. The summed E-state index contributed by atoms with van der Waals surface area (Å²) in [6, 6.07) is 3.85. The highest BCUT2D eigenvalue weighted by atomic mass is 16.2. The third-order valence-corrected chi connectivity index (χ3v) is 3.84. The minimum Gasteiger partial charge on any atom is -0.336 e. The van der Waals surface area contributed by atoms with E-state index in [-0.39, 0.29) is 5.91 Å². The maximum absolute atomic E-state index is 12.5. The Morgan fingerprint density at radius 2 is 2.21 bits per heavy atom. The van der Waals surface area contributed by atoms with Crippen LogP contribution in [0.3, 0.4) is 0 Å². The second kappa shape index (κ2) is 4.60. The Morgan fingerprint density at radius 3 is 3.00 bits per heavy atom. The summed E-state index contributed by atoms with van der Waals surface area (Å²) >= 11 is 0. The van der Waals surface area contributed by atoms with Crippen molar-refractivity contribution >= 4 is 11.6 Å². The molecular formula is C13H17N5O. The molecule has 1 aliphatic rings. The lowest BCUT2D eigenvalue weighted by molar-refractivity contribution is 0.0588. The quantitative estimate of drug-likeness (QED) is 0.776. The van der Waals surface area contributed by atoms with E-state index in [0.29, 0.717) is 23.2 Å². The molecule has 0 radical (unpaired) electrons. The van der Waals surface area contributed by atoms with Gasteiger partial charge < -0.3 is 4.90 Å². The molecule has 0 saturated carbocycles. The van der Waals surface area contributed by atoms with Crippen molar-refractivity contribution in [3.8, 4) is 0 Å². The zero-order valence-electron chi connectivity index (χ0n) is 11.2. The fourth-order valence-corrected chi connectivity index (χ4v) is 2.74. The average molecular weight is 259 g/mol. The molecule has 0 unspecified atom stereocenters. The van der Waals surface area contributed by atoms with Crippen molar-refractivity contribution in [1.82, 2.24) is 24.9 Å². The molecule has 0 aliphatic carbocycles. The number of amides is 1. The van der Waals surface area contributed by atoms with Crippen molar-refractivity contribution in [2.75, 3.05) is 6.54 Å². The monoisotopic (exact) mass is 259 g/mol. The number of carbonyl (C=O) groups is 1. The van der Waals surface area contributed by atoms with E-state index < -0.39 is 0 Å². The minimum absolute atomic E-state index is 0.0665. The molecule has 0 aromatic carbocycles. The Labute approximate surface area is 111 Å². The summed E-state index contributed by atoms with van der Waals surface area (Å²) in [5, 5.41) is 11.2. The van der Waals surface area contributed by atoms with Gasteiger partial charge in [-0.3, -0.25) is 4.79 Å². The van der Waals surface area contributed by atoms with Gasteiger partial charge in [-0.05, 0) is 48.2 Å². The number of pyridine rings is 1. The zero-order valence-corrected chi connectivity index (χ0v) is 11.2. The van der Waals surface area contributed by atoms with Gasteiger partial charge in [-0.1, -0.05) is 6.92 Å². The topological polar surface area (TPSA) is 63.4 Å². The summed E-state index contributed by atoms with van der Waals surface area (Å²) in [5.41, 5.74) is 1.29. The second-order valence-corrected chi connectivity index (χ2v) is 5.38. The standard InChI is InChI=1S/C13H17N5O/c1-9-5-6-17(10(2)7-9)13(19)11-3-4-12-14-15-16-18(12)8-11/h3-4,8-10H,5-7H2,1-2H3/t9-,10-/m0/s1. The smallest absolute Gasteiger partial charge is 0.255 e. The predicted octanol–water partition coefficient (Wildman–Crippen LogP) is 1.38. The third kappa shape index (κ3) is 2.18. The lowest BCUT2D eigenvalue weighted by atomic mass is 9.93. The Morgan fingerprint density at radius 1 is 1.37 bits per heavy atom. The van der Waals surface area contributed by atoms with E-state index in [2.05, 4.69) is 29.4 Å². The van der Waals surface area contributed by atoms with Gasteiger partial charge in [0.1, 0.15) is 0 Å². The highest BCUT2D eigenvalue weighted by Gasteiger charge is 2.27. The molecule has 1 amide bonds. The fraction of sp³-hybridized carbons (Fsp3) is 0.538. The maximum Gasteiger partial charge on any atom is 0.255 e. The van der Waals surface area contributed by atoms with Crippen LogP contribution >= 0.6 is 0 Å². The molecule has 1 fully saturated rings. The van der Waals surface area contributed by atoms with Crippen LogP contribution in [0.5, 0.6) is 0 Å². The van der Waals surface area contributed by atoms with E-state index in [0.717, 1.165) is 19.4 Å². The van der Waals surface area contributed by atoms with Gasteiger partial charge in [-0.25, -0.2) is 0 Å². The van der Waals surface area contributed by atoms with Crippen molar-refractivity contribution in [2.24, 2.45) is 5.92 Å². The number of nitrogens with zero attached hydrogens (tertiary/aromatic N) is 5. The number of piperidine rings is 1. The first-order chi connectivity index (χ1) is 9.15. The predicted molar refractivity (Wildman–Crippen MR) is 69.7 cm³/mol. The average Bonchev–Trinajstić information content (AvgIpc) is 2.85. The molecule has 2 aromatic rings. The summed E-state index contributed by atoms with van der Waals surface area (Å²) in [6.07, 6.45) is 3.84. The molecule has 3 rings (SSSR count). The van der Waals surface area contributed by atoms with Gasteiger partial charge in [-0.15, -0.1) is 5.10 Å². The zero-order chi connectivity index (χ0) is 13.4. The number of aromatic nitrogens is 4. The van der Waals surface area contributed by atoms with Crippen LogP contribution in [-0.2, 0) is 0 Å². The molecule has 1 saturated heterocycles. The van der Waals surface area contributed by atoms with Crippen LogP contribution in [0.15, 0.2) is 18.3 Å². The molecule has 6 nitrogen and oxygen atoms in total. The molecule has 2 atom stereocenters. The first-order valence-electron chi connectivity index (χ1n) is 6.64. The summed E-state index contributed by atoms with van der Waals surface area (Å²) in [6.45, 7) is 5.18. The van der Waals surface area contributed by atoms with Gasteiger partial charge in [0.05, 0.1) is 5.56 Å². The maximum atomic E-state index is 12.5. The van der Waals surface area contributed by atoms with Gasteiger partial charge in [0.25, 0.3) is 5.91 Å². The van der Waals surface area contributed by atoms with Crippen LogP contribution in [0.4, 0.5) is 0 Å². The lowest BCUT2D eigenvalue weighted by Gasteiger charge is -2.36. The van der Waals surface area contributed by atoms with Gasteiger partial charge in [0.2, 0.25) is 0 Å². The first-order valence-corrected chi connectivity index (χ1v) is 6.64. The number of hydrogen-bond donors (Lipinski definition) is 0. The van der Waals surface area contributed by atoms with Crippen LogP contribution in [0.1, 0.15) is 37.0 Å². The van der Waals surface area contributed by atoms with Crippen molar-refractivity contribution in [2.45, 2.75) is 32.7 Å². The van der Waals surface area contributed by atoms with Crippen molar-refractivity contribution in [1.29, 1.82) is 0 Å². The molecule has 0 bridgehead atoms. The highest BCUT2D eigenvalue weighted by Crippen LogP contribution is 2.23. The summed E-state index contributed by atoms with van der Waals surface area (Å²) < 4.78 is 1.53. The SMILES string of the molecule is C[C@H]1CCN(C(=O)c2ccc3nnnn3c2)[C@@H](C)C1. The van der Waals surface area contributed by atoms with Crippen molar-refractivity contribution in [3.63, 3.8) is 0 Å². The largest absolute Gasteiger partial charge is 0.336 e. The van der Waals surface area contributed by atoms with Crippen molar-refractivity contribution in [3.05, 3.63) is 23.9 Å². The molecule has 3 heterocycles. The molecular weight excluding hydrogens is 242 g/mol. The van der Waals surface area contributed by atoms with E-state index in [4.69, 9.17) is 0 Å². The number of fused-ring (bicyclic) bond motifs is 1. The summed E-state index contributed by atoms with van der Waals surface area (Å²) in [4.78, 5) is 14.5. The van der Waals surface area contributed by atoms with E-state index in [9.17, 15) is 4.79 Å². The van der Waals surface area contributed by atoms with Gasteiger partial charge >= 0.3 is 0 Å². The molecule has 2 aromatic heterocycles. The molecule has 19 heavy (non-hydrogen) atoms. The van der Waals surface area contributed by atoms with Gasteiger partial charge in [0.15, 0.2) is 5.65 Å². The minimum atomic E-state index is 0.0665. The van der Waals surface area contributed by atoms with Crippen molar-refractivity contribution < 1.29 is 4.79 Å². The van der Waals surface area contributed by atoms with Crippen LogP contribution in [0, 0.1) is 5.92 Å². The second-order valence-electron chi connectivity index (χ2n) is 5.38. The number of hydrogen-bond acceptors (Lipinski definition) is 4. The lowest BCUT2D eigenvalue weighted by Crippen LogP contribution is -2.44. The van der Waals surface area contributed by atoms with E-state index in [1.165, 1.54) is 4.52 Å². The first kappa shape index (κ1) is 12.1. The third-order valence-electron chi connectivity index (χ3n) is 3.84. The number of rotatable bonds is 1. The Bertz CT molecular complexity index is 608. The van der Waals surface area contributed by atoms with E-state index in [1.807, 2.05) is 4.90 Å². The summed E-state index contributed by atoms with van der Waals surface area (Å²) in [5.74, 6) is 0.762. The number of tetrazole rings is 1. The molecule has 6 heteroatoms. The normalized spacial score (nSPS) is 23.8. The van der Waals surface area contributed by atoms with E-state index >= 15 is 0 Å². The van der Waals surface area contributed by atoms with Gasteiger partial charge in [0, 0.05) is 18.8 Å².